The van der Waals surface area contributed by atoms with Gasteiger partial charge in [-0.3, -0.25) is 19.2 Å². The Kier molecular flexibility index (Phi) is 41.7. The van der Waals surface area contributed by atoms with Crippen LogP contribution in [0.5, 0.6) is 0 Å². The molecule has 58 heavy (non-hydrogen) atoms. The van der Waals surface area contributed by atoms with Crippen molar-refractivity contribution in [1.82, 2.24) is 26.6 Å². The Morgan fingerprint density at radius 2 is 0.897 bits per heavy atom. The van der Waals surface area contributed by atoms with E-state index in [-0.39, 0.29) is 108 Å². The number of ether oxygens (including phenoxy) is 4. The molecule has 0 heterocycles. The minimum atomic E-state index is -1.02. The molecule has 0 aromatic heterocycles. The lowest BCUT2D eigenvalue weighted by atomic mass is 10.0. The van der Waals surface area contributed by atoms with Crippen molar-refractivity contribution in [2.75, 3.05) is 79.0 Å². The van der Waals surface area contributed by atoms with Gasteiger partial charge in [0.2, 0.25) is 23.6 Å². The summed E-state index contributed by atoms with van der Waals surface area (Å²) in [5.41, 5.74) is 0.675. The van der Waals surface area contributed by atoms with Crippen molar-refractivity contribution in [3.63, 3.8) is 0 Å². The molecule has 0 fully saturated rings. The van der Waals surface area contributed by atoms with Gasteiger partial charge in [0.1, 0.15) is 19.3 Å². The summed E-state index contributed by atoms with van der Waals surface area (Å²) in [4.78, 5) is 58.6. The van der Waals surface area contributed by atoms with Crippen LogP contribution in [0.25, 0.3) is 0 Å². The van der Waals surface area contributed by atoms with Crippen LogP contribution < -0.4 is 26.6 Å². The molecule has 0 aromatic carbocycles. The van der Waals surface area contributed by atoms with Crippen LogP contribution in [0.4, 0.5) is 0 Å². The van der Waals surface area contributed by atoms with Crippen LogP contribution in [0.2, 0.25) is 0 Å². The fraction of sp³-hybridized carbons (Fsp3) is 0.786. The van der Waals surface area contributed by atoms with Crippen molar-refractivity contribution >= 4 is 29.6 Å². The first-order valence-electron chi connectivity index (χ1n) is 21.5. The average molecular weight is 830 g/mol. The highest BCUT2D eigenvalue weighted by atomic mass is 16.5. The van der Waals surface area contributed by atoms with Gasteiger partial charge in [0, 0.05) is 51.1 Å². The molecular formula is C42H79N5O11. The molecule has 0 saturated heterocycles. The fourth-order valence-electron chi connectivity index (χ4n) is 5.30. The predicted octanol–water partition coefficient (Wildman–Crippen LogP) is 4.82. The summed E-state index contributed by atoms with van der Waals surface area (Å²) in [5, 5.41) is 32.3. The minimum absolute atomic E-state index is 0.0516. The number of rotatable bonds is 41. The molecule has 1 atom stereocenters. The van der Waals surface area contributed by atoms with Crippen LogP contribution in [0, 0.1) is 0 Å². The lowest BCUT2D eigenvalue weighted by Gasteiger charge is -2.17. The molecule has 0 aliphatic carbocycles. The van der Waals surface area contributed by atoms with E-state index in [1.165, 1.54) is 44.9 Å². The Morgan fingerprint density at radius 3 is 1.34 bits per heavy atom. The van der Waals surface area contributed by atoms with Crippen LogP contribution in [0.3, 0.4) is 0 Å². The van der Waals surface area contributed by atoms with Gasteiger partial charge in [-0.15, -0.1) is 0 Å². The highest BCUT2D eigenvalue weighted by Crippen LogP contribution is 2.15. The van der Waals surface area contributed by atoms with E-state index in [0.29, 0.717) is 38.0 Å². The van der Waals surface area contributed by atoms with Gasteiger partial charge < -0.3 is 55.7 Å². The third kappa shape index (κ3) is 41.9. The van der Waals surface area contributed by atoms with Crippen molar-refractivity contribution in [2.24, 2.45) is 0 Å². The number of carbonyl (C=O) groups is 5. The van der Waals surface area contributed by atoms with Gasteiger partial charge in [-0.1, -0.05) is 98.1 Å². The zero-order chi connectivity index (χ0) is 43.5. The summed E-state index contributed by atoms with van der Waals surface area (Å²) in [6, 6.07) is -0.883. The summed E-state index contributed by atoms with van der Waals surface area (Å²) < 4.78 is 21.3. The van der Waals surface area contributed by atoms with E-state index in [2.05, 4.69) is 39.7 Å². The van der Waals surface area contributed by atoms with Crippen LogP contribution in [0.1, 0.15) is 130 Å². The van der Waals surface area contributed by atoms with Gasteiger partial charge in [-0.05, 0) is 25.7 Å². The summed E-state index contributed by atoms with van der Waals surface area (Å²) >= 11 is 0. The third-order valence-electron chi connectivity index (χ3n) is 8.47. The molecule has 16 heteroatoms. The molecule has 4 amide bonds. The molecule has 0 saturated carbocycles. The van der Waals surface area contributed by atoms with Gasteiger partial charge in [0.25, 0.3) is 0 Å². The van der Waals surface area contributed by atoms with Crippen molar-refractivity contribution in [2.45, 2.75) is 136 Å². The maximum Gasteiger partial charge on any atom is 0.326 e. The number of nitrogens with one attached hydrogen (secondary N) is 5. The first-order valence-corrected chi connectivity index (χ1v) is 21.5. The summed E-state index contributed by atoms with van der Waals surface area (Å²) in [6.07, 6.45) is 16.1. The number of aliphatic hydroxyl groups excluding tert-OH is 1. The van der Waals surface area contributed by atoms with Crippen molar-refractivity contribution < 1.29 is 53.1 Å². The van der Waals surface area contributed by atoms with E-state index in [4.69, 9.17) is 24.1 Å². The van der Waals surface area contributed by atoms with Gasteiger partial charge >= 0.3 is 5.97 Å². The van der Waals surface area contributed by atoms with E-state index in [0.717, 1.165) is 32.1 Å². The molecule has 0 bridgehead atoms. The zero-order valence-electron chi connectivity index (χ0n) is 36.1. The second kappa shape index (κ2) is 42.9. The predicted molar refractivity (Wildman–Crippen MR) is 226 cm³/mol. The third-order valence-corrected chi connectivity index (χ3v) is 8.47. The smallest absolute Gasteiger partial charge is 0.326 e. The summed E-state index contributed by atoms with van der Waals surface area (Å²) in [6.45, 7) is 15.6. The van der Waals surface area contributed by atoms with Crippen LogP contribution >= 0.6 is 0 Å². The number of hydrogen-bond acceptors (Lipinski definition) is 11. The molecular weight excluding hydrogens is 750 g/mol. The second-order valence-electron chi connectivity index (χ2n) is 13.6. The van der Waals surface area contributed by atoms with E-state index in [9.17, 15) is 29.1 Å². The largest absolute Gasteiger partial charge is 0.513 e. The zero-order valence-corrected chi connectivity index (χ0v) is 36.1. The molecule has 16 nitrogen and oxygen atoms in total. The quantitative estimate of drug-likeness (QED) is 0.0326. The Hall–Kier alpha value is -3.73. The van der Waals surface area contributed by atoms with Gasteiger partial charge in [0.05, 0.1) is 45.4 Å². The molecule has 338 valence electrons. The molecule has 0 aliphatic heterocycles. The number of aliphatic carboxylic acids is 1. The number of aliphatic hydroxyl groups is 1. The number of carboxylic acids is 1. The fourth-order valence-corrected chi connectivity index (χ4v) is 5.30. The standard InChI is InChI=1S/C40H73N5O11.C2H6/c1-4-36(47)41-21-22-42-38(49)31-55-29-28-54-26-24-44-39(50)32-56-30-27-53-25-23-43-37(48)20-19-35(40(51)52)45-33(2)17-15-13-11-9-7-5-6-8-10-12-14-16-18-34(3)46;1-2/h35,45-46H,2-32H2,1H3,(H,41,47)(H,42,49)(H,43,48)(H,44,50)(H,51,52);1-2H3/t35-;/m0./s1. The normalized spacial score (nSPS) is 11.1. The number of carboxylic acid groups (broad SMARTS) is 1. The molecule has 0 aromatic rings. The minimum Gasteiger partial charge on any atom is -0.513 e. The second-order valence-corrected chi connectivity index (χ2v) is 13.6. The lowest BCUT2D eigenvalue weighted by molar-refractivity contribution is -0.139. The molecule has 7 N–H and O–H groups in total. The maximum absolute atomic E-state index is 12.2. The van der Waals surface area contributed by atoms with Gasteiger partial charge in [0.15, 0.2) is 0 Å². The number of hydrogen-bond donors (Lipinski definition) is 7. The number of allylic oxidation sites excluding steroid dienone is 2. The number of unbranched alkanes of at least 4 members (excludes halogenated alkanes) is 11. The van der Waals surface area contributed by atoms with E-state index in [1.54, 1.807) is 6.92 Å². The monoisotopic (exact) mass is 830 g/mol. The van der Waals surface area contributed by atoms with Crippen molar-refractivity contribution in [3.05, 3.63) is 24.6 Å². The Bertz CT molecular complexity index is 1090. The molecule has 0 spiro atoms. The first-order chi connectivity index (χ1) is 28.0. The summed E-state index contributed by atoms with van der Waals surface area (Å²) in [7, 11) is 0. The number of amides is 4. The van der Waals surface area contributed by atoms with Crippen molar-refractivity contribution in [3.8, 4) is 0 Å². The SMILES string of the molecule is C=C(O)CCCCCCCCCCCCCCC(=C)N[C@@H](CCC(=O)NCCOCCOCC(=O)NCCOCCOCC(=O)NCCNC(=O)CC)C(=O)O.CC. The lowest BCUT2D eigenvalue weighted by Crippen LogP contribution is -2.37. The Morgan fingerprint density at radius 1 is 0.500 bits per heavy atom. The average Bonchev–Trinajstić information content (AvgIpc) is 3.20. The van der Waals surface area contributed by atoms with Gasteiger partial charge in [-0.2, -0.15) is 0 Å². The highest BCUT2D eigenvalue weighted by Gasteiger charge is 2.19. The highest BCUT2D eigenvalue weighted by molar-refractivity contribution is 5.79. The van der Waals surface area contributed by atoms with Crippen molar-refractivity contribution in [1.29, 1.82) is 0 Å². The Labute approximate surface area is 348 Å². The van der Waals surface area contributed by atoms with E-state index >= 15 is 0 Å². The Balaban J connectivity index is 0. The topological polar surface area (TPSA) is 223 Å². The van der Waals surface area contributed by atoms with Crippen LogP contribution in [-0.2, 0) is 42.9 Å². The van der Waals surface area contributed by atoms with E-state index in [1.807, 2.05) is 13.8 Å². The van der Waals surface area contributed by atoms with Gasteiger partial charge in [-0.25, -0.2) is 4.79 Å². The molecule has 0 rings (SSSR count). The molecule has 0 radical (unpaired) electrons. The molecule has 0 aliphatic rings. The first kappa shape index (κ1) is 56.4. The maximum atomic E-state index is 12.2. The summed E-state index contributed by atoms with van der Waals surface area (Å²) in [5.74, 6) is -1.67. The van der Waals surface area contributed by atoms with Crippen LogP contribution in [0.15, 0.2) is 24.6 Å². The van der Waals surface area contributed by atoms with E-state index < -0.39 is 12.0 Å². The van der Waals surface area contributed by atoms with Crippen LogP contribution in [-0.4, -0.2) is 125 Å². The molecule has 0 unspecified atom stereocenters. The number of carbonyl (C=O) groups excluding carboxylic acids is 4.